The van der Waals surface area contributed by atoms with Crippen LogP contribution in [0.15, 0.2) is 248 Å². The number of halogens is 4. The summed E-state index contributed by atoms with van der Waals surface area (Å²) in [5.74, 6) is 2.50. The average Bonchev–Trinajstić information content (AvgIpc) is 2.92. The van der Waals surface area contributed by atoms with E-state index in [1.165, 1.54) is 78.9 Å². The van der Waals surface area contributed by atoms with Gasteiger partial charge in [0.05, 0.1) is 24.5 Å². The molecule has 0 spiro atoms. The molecule has 24 heteroatoms. The zero-order valence-electron chi connectivity index (χ0n) is 47.9. The smallest absolute Gasteiger partial charge is 0.744 e. The minimum absolute atomic E-state index is 0. The summed E-state index contributed by atoms with van der Waals surface area (Å²) in [5, 5.41) is 17.7. The number of terminal acetylenes is 2. The zero-order chi connectivity index (χ0) is 64.1. The molecule has 10 aromatic carbocycles. The fourth-order valence-corrected chi connectivity index (χ4v) is 11.6. The summed E-state index contributed by atoms with van der Waals surface area (Å²) in [5.41, 5.74) is 5.77. The maximum atomic E-state index is 13.4. The van der Waals surface area contributed by atoms with Crippen LogP contribution >= 0.6 is 0 Å². The first kappa shape index (κ1) is 74.0. The number of phenolic OH excluding ortho intramolecular Hbond substituents is 2. The third kappa shape index (κ3) is 20.1. The molecular formula is C66H46F4K2O14S4. The fraction of sp³-hybridized carbons (Fsp3) is 0.0303. The predicted octanol–water partition coefficient (Wildman–Crippen LogP) is 7.69. The minimum Gasteiger partial charge on any atom is -0.744 e. The monoisotopic (exact) mass is 1340 g/mol. The van der Waals surface area contributed by atoms with Crippen LogP contribution in [-0.2, 0) is 39.9 Å². The summed E-state index contributed by atoms with van der Waals surface area (Å²) in [6, 6.07) is 50.4. The van der Waals surface area contributed by atoms with Crippen molar-refractivity contribution in [1.82, 2.24) is 0 Å². The quantitative estimate of drug-likeness (QED) is 0.0298. The SMILES string of the molecule is C#Cc1ccc(-c2cc(C)ccc2Oc2ccc(Oc3ccc(S(=O)(=O)c4ccc(C)cc4)cc3)c(S(=O)(=O)[O-])c2)cc1.C#Cc1ccc(-c2cc(F)ccc2F)cc1.O=S(=O)([O-])c1cc(O)ccc1O.O=S(=O)(c1ccc(F)cc1)c1ccc(F)cc1.[K+].[K+]. The maximum absolute atomic E-state index is 13.4. The number of ether oxygens (including phenoxy) is 2. The first-order valence-corrected chi connectivity index (χ1v) is 31.2. The number of phenols is 2. The molecule has 10 aromatic rings. The van der Waals surface area contributed by atoms with Gasteiger partial charge in [0.2, 0.25) is 19.7 Å². The molecule has 0 aliphatic carbocycles. The van der Waals surface area contributed by atoms with Crippen molar-refractivity contribution in [2.45, 2.75) is 43.2 Å². The number of benzene rings is 10. The standard InChI is InChI=1S/C34H26O7S2.C14H8F2.C12H8F2O2S.C6H6O5S.2K/c1-4-25-8-10-26(11-9-25)31-21-24(3)7-19-32(31)41-28-14-20-33(34(22-28)43(37,38)39)40-27-12-17-30(18-13-27)42(35,36)29-15-5-23(2)6-16-29;1-2-10-3-5-11(6-4-10)13-9-12(15)7-8-14(13)16;13-9-1-5-11(6-2-9)17(15,16)12-7-3-10(14)4-8-12;7-4-1-2-5(8)6(3-4)12(9,10)11;;/h1,5-22H,2-3H3,(H,37,38,39);1,3-9H;1-8H;1-3,7-8H,(H,9,10,11);;/q;;;;2*+1/p-2. The summed E-state index contributed by atoms with van der Waals surface area (Å²) in [7, 11) is -17.2. The van der Waals surface area contributed by atoms with Gasteiger partial charge in [-0.25, -0.2) is 51.2 Å². The molecule has 10 rings (SSSR count). The Hall–Kier alpha value is -6.77. The molecule has 0 radical (unpaired) electrons. The molecule has 0 heterocycles. The number of rotatable bonds is 12. The minimum atomic E-state index is -4.99. The Morgan fingerprint density at radius 1 is 0.400 bits per heavy atom. The second-order valence-corrected chi connectivity index (χ2v) is 25.2. The van der Waals surface area contributed by atoms with Crippen LogP contribution in [0.2, 0.25) is 0 Å². The molecule has 0 aromatic heterocycles. The van der Waals surface area contributed by atoms with Gasteiger partial charge in [0.25, 0.3) is 0 Å². The Bertz CT molecular complexity index is 4670. The van der Waals surface area contributed by atoms with E-state index >= 15 is 0 Å². The first-order valence-electron chi connectivity index (χ1n) is 25.4. The van der Waals surface area contributed by atoms with Crippen molar-refractivity contribution < 1.29 is 183 Å². The number of hydrogen-bond acceptors (Lipinski definition) is 14. The van der Waals surface area contributed by atoms with E-state index in [-0.39, 0.29) is 151 Å². The summed E-state index contributed by atoms with van der Waals surface area (Å²) in [6.45, 7) is 3.79. The van der Waals surface area contributed by atoms with Crippen molar-refractivity contribution in [3.05, 3.63) is 264 Å². The molecule has 0 aliphatic heterocycles. The Morgan fingerprint density at radius 3 is 1.26 bits per heavy atom. The topological polar surface area (TPSA) is 242 Å². The van der Waals surface area contributed by atoms with Gasteiger partial charge in [-0.2, -0.15) is 0 Å². The summed E-state index contributed by atoms with van der Waals surface area (Å²) < 4.78 is 181. The van der Waals surface area contributed by atoms with Gasteiger partial charge in [-0.1, -0.05) is 65.4 Å². The largest absolute Gasteiger partial charge is 1.00 e. The van der Waals surface area contributed by atoms with Crippen molar-refractivity contribution in [2.24, 2.45) is 0 Å². The summed E-state index contributed by atoms with van der Waals surface area (Å²) in [4.78, 5) is -1.32. The van der Waals surface area contributed by atoms with Crippen molar-refractivity contribution >= 4 is 39.9 Å². The molecule has 0 saturated carbocycles. The molecule has 0 aliphatic rings. The molecule has 2 N–H and O–H groups in total. The van der Waals surface area contributed by atoms with Crippen LogP contribution in [0.25, 0.3) is 22.3 Å². The van der Waals surface area contributed by atoms with Crippen LogP contribution in [-0.4, -0.2) is 53.0 Å². The second kappa shape index (κ2) is 32.5. The molecule has 0 atom stereocenters. The van der Waals surface area contributed by atoms with Crippen LogP contribution in [0.5, 0.6) is 34.5 Å². The number of aryl methyl sites for hydroxylation is 2. The van der Waals surface area contributed by atoms with Gasteiger partial charge in [0.15, 0.2) is 0 Å². The van der Waals surface area contributed by atoms with E-state index in [1.54, 1.807) is 54.6 Å². The summed E-state index contributed by atoms with van der Waals surface area (Å²) in [6.07, 6.45) is 10.7. The molecular weight excluding hydrogens is 1300 g/mol. The van der Waals surface area contributed by atoms with Gasteiger partial charge in [-0.05, 0) is 189 Å². The number of hydrogen-bond donors (Lipinski definition) is 2. The van der Waals surface area contributed by atoms with Crippen molar-refractivity contribution in [2.75, 3.05) is 0 Å². The van der Waals surface area contributed by atoms with Crippen molar-refractivity contribution in [1.29, 1.82) is 0 Å². The van der Waals surface area contributed by atoms with Gasteiger partial charge in [0, 0.05) is 34.4 Å². The molecule has 0 unspecified atom stereocenters. The molecule has 0 bridgehead atoms. The van der Waals surface area contributed by atoms with E-state index in [2.05, 4.69) is 11.8 Å². The van der Waals surface area contributed by atoms with Gasteiger partial charge in [-0.3, -0.25) is 0 Å². The van der Waals surface area contributed by atoms with Crippen molar-refractivity contribution in [3.63, 3.8) is 0 Å². The second-order valence-electron chi connectivity index (χ2n) is 18.6. The van der Waals surface area contributed by atoms with Gasteiger partial charge >= 0.3 is 103 Å². The van der Waals surface area contributed by atoms with Crippen LogP contribution in [0.3, 0.4) is 0 Å². The van der Waals surface area contributed by atoms with Gasteiger partial charge in [0.1, 0.15) is 82.9 Å². The number of sulfone groups is 2. The van der Waals surface area contributed by atoms with Crippen LogP contribution in [0, 0.1) is 61.8 Å². The third-order valence-electron chi connectivity index (χ3n) is 12.4. The molecule has 90 heavy (non-hydrogen) atoms. The van der Waals surface area contributed by atoms with Crippen molar-refractivity contribution in [3.8, 4) is 81.4 Å². The van der Waals surface area contributed by atoms with E-state index < -0.39 is 78.7 Å². The Morgan fingerprint density at radius 2 is 0.800 bits per heavy atom. The molecule has 0 fully saturated rings. The molecule has 448 valence electrons. The van der Waals surface area contributed by atoms with Gasteiger partial charge < -0.3 is 28.8 Å². The van der Waals surface area contributed by atoms with E-state index in [0.717, 1.165) is 82.4 Å². The maximum Gasteiger partial charge on any atom is 1.00 e. The third-order valence-corrected chi connectivity index (χ3v) is 17.6. The molecule has 14 nitrogen and oxygen atoms in total. The fourth-order valence-electron chi connectivity index (χ4n) is 7.86. The summed E-state index contributed by atoms with van der Waals surface area (Å²) >= 11 is 0. The van der Waals surface area contributed by atoms with E-state index in [0.29, 0.717) is 22.9 Å². The predicted molar refractivity (Wildman–Crippen MR) is 318 cm³/mol. The van der Waals surface area contributed by atoms with E-state index in [4.69, 9.17) is 32.5 Å². The van der Waals surface area contributed by atoms with E-state index in [9.17, 15) is 60.3 Å². The van der Waals surface area contributed by atoms with Crippen LogP contribution in [0.4, 0.5) is 17.6 Å². The van der Waals surface area contributed by atoms with Gasteiger partial charge in [-0.15, -0.1) is 12.8 Å². The molecule has 0 amide bonds. The number of aromatic hydroxyl groups is 2. The van der Waals surface area contributed by atoms with Crippen LogP contribution < -0.4 is 112 Å². The zero-order valence-corrected chi connectivity index (χ0v) is 57.4. The van der Waals surface area contributed by atoms with Crippen LogP contribution in [0.1, 0.15) is 22.3 Å². The Balaban J connectivity index is 0.000000255. The first-order chi connectivity index (χ1) is 41.5. The Kier molecular flexibility index (Phi) is 26.7. The average molecular weight is 1350 g/mol. The normalized spacial score (nSPS) is 10.9. The Labute approximate surface area is 603 Å². The molecule has 0 saturated heterocycles. The van der Waals surface area contributed by atoms with E-state index in [1.807, 2.05) is 38.1 Å².